The van der Waals surface area contributed by atoms with Crippen LogP contribution < -0.4 is 10.6 Å². The molecule has 0 aliphatic carbocycles. The molecule has 19 heavy (non-hydrogen) atoms. The number of hydrogen-bond acceptors (Lipinski definition) is 3. The monoisotopic (exact) mass is 326 g/mol. The van der Waals surface area contributed by atoms with Gasteiger partial charge in [0.05, 0.1) is 13.2 Å². The Morgan fingerprint density at radius 3 is 3.11 bits per heavy atom. The molecule has 0 saturated carbocycles. The Kier molecular flexibility index (Phi) is 5.36. The van der Waals surface area contributed by atoms with Gasteiger partial charge in [0.15, 0.2) is 0 Å². The van der Waals surface area contributed by atoms with Crippen molar-refractivity contribution in [2.24, 2.45) is 0 Å². The third-order valence-corrected chi connectivity index (χ3v) is 3.70. The largest absolute Gasteiger partial charge is 0.378 e. The number of ether oxygens (including phenoxy) is 1. The predicted octanol–water partition coefficient (Wildman–Crippen LogP) is 1.75. The molecule has 1 aromatic rings. The summed E-state index contributed by atoms with van der Waals surface area (Å²) in [7, 11) is 0. The van der Waals surface area contributed by atoms with Crippen LogP contribution in [0.2, 0.25) is 0 Å². The fourth-order valence-corrected chi connectivity index (χ4v) is 2.57. The molecule has 1 aromatic carbocycles. The molecule has 0 spiro atoms. The molecule has 1 fully saturated rings. The number of rotatable bonds is 4. The van der Waals surface area contributed by atoms with Crippen LogP contribution in [0.3, 0.4) is 0 Å². The summed E-state index contributed by atoms with van der Waals surface area (Å²) in [5.41, 5.74) is 2.32. The minimum atomic E-state index is 0.0605. The number of nitrogens with one attached hydrogen (secondary N) is 2. The van der Waals surface area contributed by atoms with Crippen LogP contribution in [0.1, 0.15) is 17.5 Å². The molecule has 1 aliphatic rings. The van der Waals surface area contributed by atoms with Gasteiger partial charge in [-0.2, -0.15) is 0 Å². The van der Waals surface area contributed by atoms with Crippen LogP contribution in [-0.4, -0.2) is 31.7 Å². The summed E-state index contributed by atoms with van der Waals surface area (Å²) in [5.74, 6) is 0.0605. The van der Waals surface area contributed by atoms with Gasteiger partial charge in [-0.15, -0.1) is 0 Å². The first-order valence-electron chi connectivity index (χ1n) is 6.48. The lowest BCUT2D eigenvalue weighted by atomic mass is 10.1. The Labute approximate surface area is 122 Å². The molecule has 2 N–H and O–H groups in total. The van der Waals surface area contributed by atoms with Crippen LogP contribution in [0.15, 0.2) is 22.7 Å². The zero-order chi connectivity index (χ0) is 13.7. The first kappa shape index (κ1) is 14.5. The van der Waals surface area contributed by atoms with Crippen molar-refractivity contribution < 1.29 is 9.53 Å². The number of hydrogen-bond donors (Lipinski definition) is 2. The van der Waals surface area contributed by atoms with E-state index < -0.39 is 0 Å². The molecule has 1 amide bonds. The maximum atomic E-state index is 11.8. The zero-order valence-electron chi connectivity index (χ0n) is 11.0. The topological polar surface area (TPSA) is 50.4 Å². The van der Waals surface area contributed by atoms with Crippen LogP contribution in [0, 0.1) is 6.92 Å². The van der Waals surface area contributed by atoms with Crippen LogP contribution in [0.4, 0.5) is 0 Å². The number of carbonyl (C=O) groups is 1. The molecule has 0 radical (unpaired) electrons. The molecule has 1 unspecified atom stereocenters. The van der Waals surface area contributed by atoms with Crippen molar-refractivity contribution >= 4 is 21.8 Å². The summed E-state index contributed by atoms with van der Waals surface area (Å²) >= 11 is 3.43. The molecule has 104 valence electrons. The standard InChI is InChI=1S/C14H19BrN2O2/c1-10-6-12(15)3-2-11(10)8-17-14(18)7-13-9-19-5-4-16-13/h2-3,6,13,16H,4-5,7-9H2,1H3,(H,17,18). The number of aryl methyl sites for hydroxylation is 1. The average molecular weight is 327 g/mol. The van der Waals surface area contributed by atoms with Gasteiger partial charge in [-0.1, -0.05) is 22.0 Å². The summed E-state index contributed by atoms with van der Waals surface area (Å²) in [4.78, 5) is 11.8. The highest BCUT2D eigenvalue weighted by molar-refractivity contribution is 9.10. The van der Waals surface area contributed by atoms with Gasteiger partial charge < -0.3 is 15.4 Å². The van der Waals surface area contributed by atoms with E-state index in [-0.39, 0.29) is 11.9 Å². The van der Waals surface area contributed by atoms with E-state index in [0.717, 1.165) is 23.2 Å². The lowest BCUT2D eigenvalue weighted by molar-refractivity contribution is -0.122. The molecule has 5 heteroatoms. The van der Waals surface area contributed by atoms with Crippen molar-refractivity contribution in [1.82, 2.24) is 10.6 Å². The van der Waals surface area contributed by atoms with E-state index in [1.54, 1.807) is 0 Å². The number of halogens is 1. The van der Waals surface area contributed by atoms with E-state index >= 15 is 0 Å². The van der Waals surface area contributed by atoms with E-state index in [2.05, 4.69) is 32.6 Å². The maximum Gasteiger partial charge on any atom is 0.221 e. The average Bonchev–Trinajstić information content (AvgIpc) is 2.39. The smallest absolute Gasteiger partial charge is 0.221 e. The highest BCUT2D eigenvalue weighted by Crippen LogP contribution is 2.15. The minimum absolute atomic E-state index is 0.0605. The van der Waals surface area contributed by atoms with Gasteiger partial charge in [0.1, 0.15) is 0 Å². The number of benzene rings is 1. The fourth-order valence-electron chi connectivity index (χ4n) is 2.10. The predicted molar refractivity (Wildman–Crippen MR) is 78.0 cm³/mol. The van der Waals surface area contributed by atoms with Gasteiger partial charge in [-0.3, -0.25) is 4.79 Å². The Morgan fingerprint density at radius 1 is 1.58 bits per heavy atom. The van der Waals surface area contributed by atoms with Crippen molar-refractivity contribution in [2.75, 3.05) is 19.8 Å². The summed E-state index contributed by atoms with van der Waals surface area (Å²) < 4.78 is 6.39. The van der Waals surface area contributed by atoms with Crippen molar-refractivity contribution in [3.63, 3.8) is 0 Å². The van der Waals surface area contributed by atoms with Crippen molar-refractivity contribution in [2.45, 2.75) is 25.9 Å². The lowest BCUT2D eigenvalue weighted by Gasteiger charge is -2.23. The third kappa shape index (κ3) is 4.60. The van der Waals surface area contributed by atoms with Gasteiger partial charge in [0.2, 0.25) is 5.91 Å². The molecular formula is C14H19BrN2O2. The molecule has 0 aromatic heterocycles. The van der Waals surface area contributed by atoms with Gasteiger partial charge in [-0.25, -0.2) is 0 Å². The van der Waals surface area contributed by atoms with Crippen molar-refractivity contribution in [3.8, 4) is 0 Å². The van der Waals surface area contributed by atoms with Crippen LogP contribution in [-0.2, 0) is 16.1 Å². The lowest BCUT2D eigenvalue weighted by Crippen LogP contribution is -2.44. The molecule has 0 bridgehead atoms. The molecule has 4 nitrogen and oxygen atoms in total. The number of carbonyl (C=O) groups excluding carboxylic acids is 1. The Morgan fingerprint density at radius 2 is 2.42 bits per heavy atom. The third-order valence-electron chi connectivity index (χ3n) is 3.21. The number of amides is 1. The highest BCUT2D eigenvalue weighted by Gasteiger charge is 2.16. The first-order valence-corrected chi connectivity index (χ1v) is 7.27. The van der Waals surface area contributed by atoms with Crippen LogP contribution in [0.25, 0.3) is 0 Å². The van der Waals surface area contributed by atoms with Gasteiger partial charge in [0.25, 0.3) is 0 Å². The van der Waals surface area contributed by atoms with Crippen LogP contribution in [0.5, 0.6) is 0 Å². The highest BCUT2D eigenvalue weighted by atomic mass is 79.9. The summed E-state index contributed by atoms with van der Waals surface area (Å²) in [6, 6.07) is 6.21. The fraction of sp³-hybridized carbons (Fsp3) is 0.500. The SMILES string of the molecule is Cc1cc(Br)ccc1CNC(=O)CC1COCCN1. The molecule has 1 aliphatic heterocycles. The Balaban J connectivity index is 1.79. The molecule has 1 saturated heterocycles. The second-order valence-electron chi connectivity index (χ2n) is 4.78. The molecule has 1 atom stereocenters. The maximum absolute atomic E-state index is 11.8. The normalized spacial score (nSPS) is 19.2. The quantitative estimate of drug-likeness (QED) is 0.886. The molecule has 1 heterocycles. The Hall–Kier alpha value is -0.910. The van der Waals surface area contributed by atoms with E-state index in [0.29, 0.717) is 19.6 Å². The van der Waals surface area contributed by atoms with Crippen molar-refractivity contribution in [3.05, 3.63) is 33.8 Å². The minimum Gasteiger partial charge on any atom is -0.378 e. The Bertz CT molecular complexity index is 445. The summed E-state index contributed by atoms with van der Waals surface area (Å²) in [6.07, 6.45) is 0.468. The van der Waals surface area contributed by atoms with E-state index in [4.69, 9.17) is 4.74 Å². The van der Waals surface area contributed by atoms with E-state index in [9.17, 15) is 4.79 Å². The van der Waals surface area contributed by atoms with Gasteiger partial charge in [0, 0.05) is 30.0 Å². The summed E-state index contributed by atoms with van der Waals surface area (Å²) in [6.45, 7) is 4.79. The second-order valence-corrected chi connectivity index (χ2v) is 5.69. The zero-order valence-corrected chi connectivity index (χ0v) is 12.6. The van der Waals surface area contributed by atoms with Crippen molar-refractivity contribution in [1.29, 1.82) is 0 Å². The molecule has 2 rings (SSSR count). The second kappa shape index (κ2) is 7.03. The summed E-state index contributed by atoms with van der Waals surface area (Å²) in [5, 5.41) is 6.23. The van der Waals surface area contributed by atoms with Crippen LogP contribution >= 0.6 is 15.9 Å². The first-order chi connectivity index (χ1) is 9.15. The van der Waals surface area contributed by atoms with Gasteiger partial charge in [-0.05, 0) is 30.2 Å². The number of morpholine rings is 1. The van der Waals surface area contributed by atoms with E-state index in [1.807, 2.05) is 19.1 Å². The van der Waals surface area contributed by atoms with E-state index in [1.165, 1.54) is 5.56 Å². The van der Waals surface area contributed by atoms with Gasteiger partial charge >= 0.3 is 0 Å². The molecular weight excluding hydrogens is 308 g/mol.